The lowest BCUT2D eigenvalue weighted by Gasteiger charge is -2.33. The van der Waals surface area contributed by atoms with E-state index in [1.165, 1.54) is 18.9 Å². The van der Waals surface area contributed by atoms with Gasteiger partial charge in [-0.15, -0.1) is 0 Å². The minimum atomic E-state index is -3.79. The molecule has 0 bridgehead atoms. The summed E-state index contributed by atoms with van der Waals surface area (Å²) in [6.07, 6.45) is 6.55. The van der Waals surface area contributed by atoms with Crippen LogP contribution in [0, 0.1) is 5.82 Å². The molecule has 1 saturated heterocycles. The Morgan fingerprint density at radius 2 is 1.75 bits per heavy atom. The number of nitrogens with one attached hydrogen (secondary N) is 1. The quantitative estimate of drug-likeness (QED) is 0.779. The van der Waals surface area contributed by atoms with Crippen LogP contribution in [0.4, 0.5) is 4.39 Å². The number of carbonyl (C=O) groups is 1. The number of carbonyl (C=O) groups excluding carboxylic acids is 1. The number of sulfonamides is 1. The normalized spacial score (nSPS) is 19.5. The fraction of sp³-hybridized carbons (Fsp3) is 0.650. The number of nitrogens with zero attached hydrogens (tertiary/aromatic N) is 1. The van der Waals surface area contributed by atoms with Gasteiger partial charge in [-0.1, -0.05) is 12.8 Å². The first-order valence-corrected chi connectivity index (χ1v) is 11.5. The van der Waals surface area contributed by atoms with Crippen molar-refractivity contribution < 1.29 is 22.3 Å². The summed E-state index contributed by atoms with van der Waals surface area (Å²) in [5, 5.41) is 0. The van der Waals surface area contributed by atoms with E-state index in [4.69, 9.17) is 4.74 Å². The smallest absolute Gasteiger partial charge is 0.256 e. The van der Waals surface area contributed by atoms with Crippen molar-refractivity contribution in [3.63, 3.8) is 0 Å². The van der Waals surface area contributed by atoms with Gasteiger partial charge in [-0.25, -0.2) is 17.5 Å². The Morgan fingerprint density at radius 3 is 2.36 bits per heavy atom. The summed E-state index contributed by atoms with van der Waals surface area (Å²) in [5.74, 6) is -1.18. The van der Waals surface area contributed by atoms with E-state index >= 15 is 0 Å². The van der Waals surface area contributed by atoms with E-state index in [2.05, 4.69) is 4.72 Å². The van der Waals surface area contributed by atoms with Gasteiger partial charge < -0.3 is 9.64 Å². The van der Waals surface area contributed by atoms with Gasteiger partial charge in [-0.05, 0) is 57.7 Å². The Kier molecular flexibility index (Phi) is 6.73. The van der Waals surface area contributed by atoms with E-state index in [0.717, 1.165) is 37.8 Å². The van der Waals surface area contributed by atoms with E-state index in [1.54, 1.807) is 18.7 Å². The van der Waals surface area contributed by atoms with E-state index in [9.17, 15) is 17.6 Å². The van der Waals surface area contributed by atoms with Crippen molar-refractivity contribution in [2.45, 2.75) is 75.5 Å². The van der Waals surface area contributed by atoms with Crippen LogP contribution in [-0.2, 0) is 14.8 Å². The van der Waals surface area contributed by atoms with E-state index in [1.807, 2.05) is 0 Å². The van der Waals surface area contributed by atoms with Gasteiger partial charge in [0.15, 0.2) is 0 Å². The summed E-state index contributed by atoms with van der Waals surface area (Å²) in [6, 6.07) is 3.05. The number of ether oxygens (including phenoxy) is 1. The third-order valence-electron chi connectivity index (χ3n) is 5.29. The van der Waals surface area contributed by atoms with Crippen LogP contribution in [-0.4, -0.2) is 50.6 Å². The predicted octanol–water partition coefficient (Wildman–Crippen LogP) is 3.08. The topological polar surface area (TPSA) is 75.7 Å². The van der Waals surface area contributed by atoms with Crippen LogP contribution in [0.5, 0.6) is 0 Å². The predicted molar refractivity (Wildman–Crippen MR) is 104 cm³/mol. The number of benzene rings is 1. The molecule has 1 saturated carbocycles. The Labute approximate surface area is 166 Å². The highest BCUT2D eigenvalue weighted by Crippen LogP contribution is 2.26. The molecule has 1 heterocycles. The number of amides is 1. The maximum atomic E-state index is 14.3. The first-order chi connectivity index (χ1) is 13.3. The molecule has 6 nitrogen and oxygen atoms in total. The molecule has 1 aliphatic carbocycles. The zero-order valence-corrected chi connectivity index (χ0v) is 17.3. The van der Waals surface area contributed by atoms with Crippen LogP contribution in [0.15, 0.2) is 23.1 Å². The zero-order valence-electron chi connectivity index (χ0n) is 16.5. The lowest BCUT2D eigenvalue weighted by atomic mass is 10.1. The molecule has 1 aliphatic heterocycles. The van der Waals surface area contributed by atoms with Crippen molar-refractivity contribution in [2.24, 2.45) is 0 Å². The molecule has 0 radical (unpaired) electrons. The lowest BCUT2D eigenvalue weighted by Crippen LogP contribution is -2.42. The van der Waals surface area contributed by atoms with Gasteiger partial charge in [-0.2, -0.15) is 0 Å². The Bertz CT molecular complexity index is 798. The van der Waals surface area contributed by atoms with Crippen molar-refractivity contribution in [2.75, 3.05) is 13.1 Å². The second kappa shape index (κ2) is 8.88. The lowest BCUT2D eigenvalue weighted by molar-refractivity contribution is -0.0358. The molecule has 2 fully saturated rings. The van der Waals surface area contributed by atoms with E-state index in [-0.39, 0.29) is 22.6 Å². The summed E-state index contributed by atoms with van der Waals surface area (Å²) in [7, 11) is -3.79. The van der Waals surface area contributed by atoms with Crippen LogP contribution in [0.25, 0.3) is 0 Å². The molecule has 1 aromatic carbocycles. The average Bonchev–Trinajstić information content (AvgIpc) is 3.14. The second-order valence-electron chi connectivity index (χ2n) is 7.95. The van der Waals surface area contributed by atoms with Crippen LogP contribution in [0.3, 0.4) is 0 Å². The Morgan fingerprint density at radius 1 is 1.14 bits per heavy atom. The standard InChI is InChI=1S/C20H29FN2O4S/c1-14(2)22-28(25,26)17-7-8-19(21)18(13-17)20(24)23-11-9-16(10-12-23)27-15-5-3-4-6-15/h7-8,13-16,22H,3-6,9-12H2,1-2H3. The van der Waals surface area contributed by atoms with Crippen molar-refractivity contribution in [1.29, 1.82) is 0 Å². The van der Waals surface area contributed by atoms with Crippen LogP contribution in [0.1, 0.15) is 62.7 Å². The van der Waals surface area contributed by atoms with Crippen molar-refractivity contribution in [1.82, 2.24) is 9.62 Å². The molecular formula is C20H29FN2O4S. The molecule has 2 aliphatic rings. The fourth-order valence-corrected chi connectivity index (χ4v) is 5.15. The highest BCUT2D eigenvalue weighted by molar-refractivity contribution is 7.89. The highest BCUT2D eigenvalue weighted by Gasteiger charge is 2.29. The van der Waals surface area contributed by atoms with Crippen LogP contribution in [0.2, 0.25) is 0 Å². The number of likely N-dealkylation sites (tertiary alicyclic amines) is 1. The largest absolute Gasteiger partial charge is 0.375 e. The molecule has 0 spiro atoms. The molecule has 1 N–H and O–H groups in total. The molecule has 1 amide bonds. The van der Waals surface area contributed by atoms with Gasteiger partial charge in [0, 0.05) is 19.1 Å². The first kappa shape index (κ1) is 21.2. The number of halogens is 1. The van der Waals surface area contributed by atoms with Crippen molar-refractivity contribution in [3.05, 3.63) is 29.6 Å². The van der Waals surface area contributed by atoms with Crippen LogP contribution >= 0.6 is 0 Å². The van der Waals surface area contributed by atoms with Crippen molar-refractivity contribution in [3.8, 4) is 0 Å². The molecule has 0 aromatic heterocycles. The summed E-state index contributed by atoms with van der Waals surface area (Å²) in [4.78, 5) is 14.3. The third kappa shape index (κ3) is 5.10. The SMILES string of the molecule is CC(C)NS(=O)(=O)c1ccc(F)c(C(=O)N2CCC(OC3CCCC3)CC2)c1. The van der Waals surface area contributed by atoms with Gasteiger partial charge in [-0.3, -0.25) is 4.79 Å². The maximum Gasteiger partial charge on any atom is 0.256 e. The first-order valence-electron chi connectivity index (χ1n) is 10.0. The molecule has 156 valence electrons. The molecule has 3 rings (SSSR count). The van der Waals surface area contributed by atoms with Crippen molar-refractivity contribution >= 4 is 15.9 Å². The number of rotatable bonds is 6. The minimum absolute atomic E-state index is 0.106. The van der Waals surface area contributed by atoms with Crippen LogP contribution < -0.4 is 4.72 Å². The van der Waals surface area contributed by atoms with E-state index < -0.39 is 21.7 Å². The summed E-state index contributed by atoms with van der Waals surface area (Å²) < 4.78 is 47.5. The monoisotopic (exact) mass is 412 g/mol. The average molecular weight is 413 g/mol. The molecule has 1 aromatic rings. The van der Waals surface area contributed by atoms with Gasteiger partial charge in [0.2, 0.25) is 10.0 Å². The summed E-state index contributed by atoms with van der Waals surface area (Å²) in [5.41, 5.74) is -0.207. The van der Waals surface area contributed by atoms with Gasteiger partial charge >= 0.3 is 0 Å². The third-order valence-corrected chi connectivity index (χ3v) is 6.94. The highest BCUT2D eigenvalue weighted by atomic mass is 32.2. The van der Waals surface area contributed by atoms with Gasteiger partial charge in [0.05, 0.1) is 22.7 Å². The molecule has 28 heavy (non-hydrogen) atoms. The number of piperidine rings is 1. The minimum Gasteiger partial charge on any atom is -0.375 e. The van der Waals surface area contributed by atoms with E-state index in [0.29, 0.717) is 19.2 Å². The zero-order chi connectivity index (χ0) is 20.3. The molecule has 0 atom stereocenters. The Hall–Kier alpha value is -1.51. The number of hydrogen-bond donors (Lipinski definition) is 1. The Balaban J connectivity index is 1.66. The van der Waals surface area contributed by atoms with Gasteiger partial charge in [0.25, 0.3) is 5.91 Å². The number of hydrogen-bond acceptors (Lipinski definition) is 4. The molecule has 0 unspecified atom stereocenters. The maximum absolute atomic E-state index is 14.3. The molecule has 8 heteroatoms. The van der Waals surface area contributed by atoms with Gasteiger partial charge in [0.1, 0.15) is 5.82 Å². The summed E-state index contributed by atoms with van der Waals surface area (Å²) in [6.45, 7) is 4.36. The fourth-order valence-electron chi connectivity index (χ4n) is 3.88. The second-order valence-corrected chi connectivity index (χ2v) is 9.67. The summed E-state index contributed by atoms with van der Waals surface area (Å²) >= 11 is 0. The molecular weight excluding hydrogens is 383 g/mol.